The molecule has 1 aliphatic rings. The topological polar surface area (TPSA) is 51.8 Å². The van der Waals surface area contributed by atoms with Gasteiger partial charge >= 0.3 is 0 Å². The molecule has 1 aliphatic carbocycles. The fraction of sp³-hybridized carbons (Fsp3) is 0.333. The van der Waals surface area contributed by atoms with Gasteiger partial charge in [-0.1, -0.05) is 13.8 Å². The van der Waals surface area contributed by atoms with Crippen molar-refractivity contribution in [3.8, 4) is 11.3 Å². The lowest BCUT2D eigenvalue weighted by molar-refractivity contribution is 0.519. The molecule has 0 spiro atoms. The first kappa shape index (κ1) is 9.78. The molecule has 2 N–H and O–H groups in total. The van der Waals surface area contributed by atoms with Crippen LogP contribution in [0.5, 0.6) is 0 Å². The minimum atomic E-state index is 0.0893. The quantitative estimate of drug-likeness (QED) is 0.758. The maximum Gasteiger partial charge on any atom is 0.180 e. The van der Waals surface area contributed by atoms with Gasteiger partial charge < -0.3 is 5.73 Å². The van der Waals surface area contributed by atoms with E-state index >= 15 is 0 Å². The Bertz CT molecular complexity index is 557. The van der Waals surface area contributed by atoms with E-state index in [-0.39, 0.29) is 5.41 Å². The van der Waals surface area contributed by atoms with Crippen LogP contribution in [0, 0.1) is 0 Å². The molecule has 3 rings (SSSR count). The summed E-state index contributed by atoms with van der Waals surface area (Å²) in [4.78, 5) is 10.2. The van der Waals surface area contributed by atoms with Crippen LogP contribution in [0.15, 0.2) is 18.3 Å². The number of anilines is 1. The van der Waals surface area contributed by atoms with Crippen LogP contribution in [-0.2, 0) is 11.8 Å². The average Bonchev–Trinajstić information content (AvgIpc) is 2.61. The van der Waals surface area contributed by atoms with Crippen LogP contribution in [0.3, 0.4) is 0 Å². The molecule has 2 aromatic heterocycles. The van der Waals surface area contributed by atoms with Crippen LogP contribution < -0.4 is 5.73 Å². The second-order valence-electron chi connectivity index (χ2n) is 4.79. The Balaban J connectivity index is 2.33. The zero-order valence-corrected chi connectivity index (χ0v) is 10.1. The molecule has 2 aromatic rings. The summed E-state index contributed by atoms with van der Waals surface area (Å²) < 4.78 is 0. The lowest BCUT2D eigenvalue weighted by Crippen LogP contribution is -2.24. The number of pyridine rings is 1. The molecule has 0 saturated heterocycles. The van der Waals surface area contributed by atoms with E-state index in [4.69, 9.17) is 5.73 Å². The highest BCUT2D eigenvalue weighted by Gasteiger charge is 2.34. The third-order valence-corrected chi connectivity index (χ3v) is 4.26. The Morgan fingerprint density at radius 1 is 1.44 bits per heavy atom. The van der Waals surface area contributed by atoms with E-state index < -0.39 is 0 Å². The number of aromatic nitrogens is 2. The molecule has 0 aromatic carbocycles. The SMILES string of the molecule is CC1(C)Cc2ncccc2-c2nc(N)sc21. The second-order valence-corrected chi connectivity index (χ2v) is 5.82. The van der Waals surface area contributed by atoms with Gasteiger partial charge in [-0.2, -0.15) is 0 Å². The number of hydrogen-bond donors (Lipinski definition) is 1. The van der Waals surface area contributed by atoms with Gasteiger partial charge in [0.1, 0.15) is 0 Å². The Kier molecular flexibility index (Phi) is 1.86. The average molecular weight is 231 g/mol. The smallest absolute Gasteiger partial charge is 0.180 e. The number of rotatable bonds is 0. The lowest BCUT2D eigenvalue weighted by atomic mass is 9.78. The molecule has 3 nitrogen and oxygen atoms in total. The van der Waals surface area contributed by atoms with E-state index in [1.54, 1.807) is 11.3 Å². The lowest BCUT2D eigenvalue weighted by Gasteiger charge is -2.29. The molecule has 0 radical (unpaired) electrons. The van der Waals surface area contributed by atoms with E-state index in [9.17, 15) is 0 Å². The van der Waals surface area contributed by atoms with Crippen molar-refractivity contribution in [1.29, 1.82) is 0 Å². The summed E-state index contributed by atoms with van der Waals surface area (Å²) in [7, 11) is 0. The zero-order chi connectivity index (χ0) is 11.3. The standard InChI is InChI=1S/C12H13N3S/c1-12(2)6-8-7(4-3-5-14-8)9-10(12)16-11(13)15-9/h3-5H,6H2,1-2H3,(H2,13,15). The first-order chi connectivity index (χ1) is 7.58. The molecule has 82 valence electrons. The minimum Gasteiger partial charge on any atom is -0.375 e. The molecule has 0 amide bonds. The molecule has 2 heterocycles. The molecule has 0 unspecified atom stereocenters. The Morgan fingerprint density at radius 3 is 3.06 bits per heavy atom. The molecule has 16 heavy (non-hydrogen) atoms. The van der Waals surface area contributed by atoms with Crippen LogP contribution in [0.4, 0.5) is 5.13 Å². The number of fused-ring (bicyclic) bond motifs is 3. The predicted octanol–water partition coefficient (Wildman–Crippen LogP) is 2.62. The number of nitrogen functional groups attached to an aromatic ring is 1. The summed E-state index contributed by atoms with van der Waals surface area (Å²) in [6.45, 7) is 4.45. The minimum absolute atomic E-state index is 0.0893. The molecule has 4 heteroatoms. The summed E-state index contributed by atoms with van der Waals surface area (Å²) in [5.74, 6) is 0. The molecular weight excluding hydrogens is 218 g/mol. The van der Waals surface area contributed by atoms with E-state index in [1.165, 1.54) is 4.88 Å². The normalized spacial score (nSPS) is 16.6. The van der Waals surface area contributed by atoms with Crippen molar-refractivity contribution in [2.45, 2.75) is 25.7 Å². The van der Waals surface area contributed by atoms with Gasteiger partial charge in [-0.25, -0.2) is 4.98 Å². The van der Waals surface area contributed by atoms with Crippen molar-refractivity contribution in [3.05, 3.63) is 28.9 Å². The van der Waals surface area contributed by atoms with E-state index in [1.807, 2.05) is 12.3 Å². The highest BCUT2D eigenvalue weighted by Crippen LogP contribution is 2.45. The highest BCUT2D eigenvalue weighted by atomic mass is 32.1. The van der Waals surface area contributed by atoms with Gasteiger partial charge in [0.15, 0.2) is 5.13 Å². The maximum atomic E-state index is 5.82. The van der Waals surface area contributed by atoms with Gasteiger partial charge in [0.05, 0.1) is 11.4 Å². The molecular formula is C12H13N3S. The fourth-order valence-electron chi connectivity index (χ4n) is 2.27. The van der Waals surface area contributed by atoms with E-state index in [0.29, 0.717) is 5.13 Å². The number of nitrogens with zero attached hydrogens (tertiary/aromatic N) is 2. The predicted molar refractivity (Wildman–Crippen MR) is 66.5 cm³/mol. The van der Waals surface area contributed by atoms with Gasteiger partial charge in [0.25, 0.3) is 0 Å². The van der Waals surface area contributed by atoms with Crippen LogP contribution in [-0.4, -0.2) is 9.97 Å². The van der Waals surface area contributed by atoms with Crippen molar-refractivity contribution < 1.29 is 0 Å². The van der Waals surface area contributed by atoms with Crippen molar-refractivity contribution in [3.63, 3.8) is 0 Å². The monoisotopic (exact) mass is 231 g/mol. The number of thiazole rings is 1. The van der Waals surface area contributed by atoms with Crippen molar-refractivity contribution in [1.82, 2.24) is 9.97 Å². The first-order valence-electron chi connectivity index (χ1n) is 5.29. The summed E-state index contributed by atoms with van der Waals surface area (Å²) in [5, 5.41) is 0.648. The number of nitrogens with two attached hydrogens (primary N) is 1. The highest BCUT2D eigenvalue weighted by molar-refractivity contribution is 7.16. The van der Waals surface area contributed by atoms with Gasteiger partial charge in [-0.15, -0.1) is 11.3 Å². The van der Waals surface area contributed by atoms with Gasteiger partial charge in [0, 0.05) is 28.5 Å². The van der Waals surface area contributed by atoms with Crippen molar-refractivity contribution in [2.75, 3.05) is 5.73 Å². The van der Waals surface area contributed by atoms with E-state index in [0.717, 1.165) is 23.4 Å². The van der Waals surface area contributed by atoms with Crippen molar-refractivity contribution >= 4 is 16.5 Å². The second kappa shape index (κ2) is 3.04. The van der Waals surface area contributed by atoms with Crippen molar-refractivity contribution in [2.24, 2.45) is 0 Å². The molecule has 0 atom stereocenters. The van der Waals surface area contributed by atoms with Crippen LogP contribution in [0.1, 0.15) is 24.4 Å². The van der Waals surface area contributed by atoms with Gasteiger partial charge in [-0.3, -0.25) is 4.98 Å². The Morgan fingerprint density at radius 2 is 2.25 bits per heavy atom. The number of hydrogen-bond acceptors (Lipinski definition) is 4. The maximum absolute atomic E-state index is 5.82. The van der Waals surface area contributed by atoms with Gasteiger partial charge in [0.2, 0.25) is 0 Å². The summed E-state index contributed by atoms with van der Waals surface area (Å²) in [5.41, 5.74) is 9.22. The van der Waals surface area contributed by atoms with Crippen LogP contribution in [0.2, 0.25) is 0 Å². The Hall–Kier alpha value is -1.42. The largest absolute Gasteiger partial charge is 0.375 e. The summed E-state index contributed by atoms with van der Waals surface area (Å²) >= 11 is 1.60. The summed E-state index contributed by atoms with van der Waals surface area (Å²) in [6.07, 6.45) is 2.80. The first-order valence-corrected chi connectivity index (χ1v) is 6.10. The third kappa shape index (κ3) is 1.26. The fourth-order valence-corrected chi connectivity index (χ4v) is 3.22. The van der Waals surface area contributed by atoms with Gasteiger partial charge in [-0.05, 0) is 12.1 Å². The summed E-state index contributed by atoms with van der Waals surface area (Å²) in [6, 6.07) is 4.03. The molecule has 0 bridgehead atoms. The third-order valence-electron chi connectivity index (χ3n) is 3.01. The molecule has 0 saturated carbocycles. The van der Waals surface area contributed by atoms with E-state index in [2.05, 4.69) is 29.9 Å². The molecule has 0 fully saturated rings. The zero-order valence-electron chi connectivity index (χ0n) is 9.32. The molecule has 0 aliphatic heterocycles. The Labute approximate surface area is 98.4 Å². The van der Waals surface area contributed by atoms with Crippen LogP contribution in [0.25, 0.3) is 11.3 Å². The van der Waals surface area contributed by atoms with Crippen LogP contribution >= 0.6 is 11.3 Å².